The van der Waals surface area contributed by atoms with E-state index in [9.17, 15) is 9.59 Å². The van der Waals surface area contributed by atoms with Crippen LogP contribution in [0.25, 0.3) is 0 Å². The minimum Gasteiger partial charge on any atom is -0.343 e. The average Bonchev–Trinajstić information content (AvgIpc) is 2.88. The van der Waals surface area contributed by atoms with Crippen molar-refractivity contribution in [2.24, 2.45) is 13.0 Å². The molecule has 0 atom stereocenters. The van der Waals surface area contributed by atoms with Gasteiger partial charge in [-0.15, -0.1) is 0 Å². The number of aromatic nitrogens is 2. The van der Waals surface area contributed by atoms with Gasteiger partial charge in [0.1, 0.15) is 0 Å². The molecule has 0 aliphatic carbocycles. The fraction of sp³-hybridized carbons (Fsp3) is 0.433. The lowest BCUT2D eigenvalue weighted by Crippen LogP contribution is -2.38. The second-order valence-corrected chi connectivity index (χ2v) is 11.0. The predicted molar refractivity (Wildman–Crippen MR) is 148 cm³/mol. The average molecular weight is 504 g/mol. The molecule has 2 aromatic carbocycles. The van der Waals surface area contributed by atoms with Gasteiger partial charge >= 0.3 is 0 Å². The van der Waals surface area contributed by atoms with Gasteiger partial charge in [-0.2, -0.15) is 0 Å². The Labute approximate surface area is 219 Å². The van der Waals surface area contributed by atoms with E-state index in [0.29, 0.717) is 18.8 Å². The molecule has 1 saturated heterocycles. The first-order valence-electron chi connectivity index (χ1n) is 13.0. The van der Waals surface area contributed by atoms with Crippen molar-refractivity contribution >= 4 is 17.7 Å². The molecule has 0 N–H and O–H groups in total. The lowest BCUT2D eigenvalue weighted by atomic mass is 9.90. The fourth-order valence-corrected chi connectivity index (χ4v) is 5.92. The summed E-state index contributed by atoms with van der Waals surface area (Å²) < 4.78 is 1.65. The van der Waals surface area contributed by atoms with Crippen molar-refractivity contribution in [1.29, 1.82) is 0 Å². The van der Waals surface area contributed by atoms with E-state index >= 15 is 0 Å². The number of carbonyl (C=O) groups excluding carboxylic acids is 1. The summed E-state index contributed by atoms with van der Waals surface area (Å²) >= 11 is 1.56. The summed E-state index contributed by atoms with van der Waals surface area (Å²) in [6.07, 6.45) is 5.19. The normalized spacial score (nSPS) is 14.2. The van der Waals surface area contributed by atoms with Crippen molar-refractivity contribution in [2.75, 3.05) is 18.8 Å². The van der Waals surface area contributed by atoms with E-state index in [4.69, 9.17) is 4.98 Å². The van der Waals surface area contributed by atoms with Crippen LogP contribution in [0.4, 0.5) is 0 Å². The van der Waals surface area contributed by atoms with E-state index in [1.165, 1.54) is 11.1 Å². The van der Waals surface area contributed by atoms with Gasteiger partial charge < -0.3 is 4.90 Å². The minimum absolute atomic E-state index is 0.0148. The molecule has 5 nitrogen and oxygen atoms in total. The Hall–Kier alpha value is -2.86. The van der Waals surface area contributed by atoms with Crippen molar-refractivity contribution in [3.05, 3.63) is 92.9 Å². The molecule has 0 bridgehead atoms. The molecule has 1 aromatic heterocycles. The van der Waals surface area contributed by atoms with Crippen LogP contribution in [0.5, 0.6) is 0 Å². The number of benzene rings is 2. The van der Waals surface area contributed by atoms with Crippen LogP contribution in [0.2, 0.25) is 0 Å². The first-order valence-corrected chi connectivity index (χ1v) is 14.0. The highest BCUT2D eigenvalue weighted by molar-refractivity contribution is 7.99. The zero-order chi connectivity index (χ0) is 25.5. The van der Waals surface area contributed by atoms with E-state index in [1.807, 2.05) is 17.9 Å². The lowest BCUT2D eigenvalue weighted by molar-refractivity contribution is -0.132. The molecule has 36 heavy (non-hydrogen) atoms. The van der Waals surface area contributed by atoms with Crippen LogP contribution in [-0.2, 0) is 24.7 Å². The number of amides is 1. The van der Waals surface area contributed by atoms with Gasteiger partial charge in [0.2, 0.25) is 5.91 Å². The Bertz CT molecular complexity index is 1230. The van der Waals surface area contributed by atoms with Crippen molar-refractivity contribution in [2.45, 2.75) is 57.5 Å². The first kappa shape index (κ1) is 26.2. The van der Waals surface area contributed by atoms with Crippen LogP contribution in [0, 0.1) is 19.8 Å². The largest absolute Gasteiger partial charge is 0.343 e. The molecule has 1 amide bonds. The third-order valence-corrected chi connectivity index (χ3v) is 8.23. The Kier molecular flexibility index (Phi) is 9.03. The van der Waals surface area contributed by atoms with Crippen LogP contribution < -0.4 is 5.56 Å². The highest BCUT2D eigenvalue weighted by Gasteiger charge is 2.22. The van der Waals surface area contributed by atoms with E-state index < -0.39 is 0 Å². The summed E-state index contributed by atoms with van der Waals surface area (Å²) in [5.41, 5.74) is 5.25. The molecule has 1 fully saturated rings. The number of rotatable bonds is 9. The molecule has 190 valence electrons. The molecular weight excluding hydrogens is 466 g/mol. The van der Waals surface area contributed by atoms with Gasteiger partial charge in [0.15, 0.2) is 5.16 Å². The van der Waals surface area contributed by atoms with Crippen molar-refractivity contribution < 1.29 is 4.79 Å². The second-order valence-electron chi connectivity index (χ2n) is 9.95. The molecule has 0 spiro atoms. The smallest absolute Gasteiger partial charge is 0.257 e. The van der Waals surface area contributed by atoms with E-state index in [2.05, 4.69) is 55.5 Å². The monoisotopic (exact) mass is 503 g/mol. The van der Waals surface area contributed by atoms with Crippen molar-refractivity contribution in [3.63, 3.8) is 0 Å². The number of piperidine rings is 1. The molecule has 1 aliphatic rings. The molecule has 1 aliphatic heterocycles. The van der Waals surface area contributed by atoms with Gasteiger partial charge in [-0.3, -0.25) is 14.2 Å². The standard InChI is InChI=1S/C30H37N3O2S/c1-22-9-7-12-26(19-22)21-27-23(2)31-30(32(3)29(27)35)36-18-8-13-28(34)33-16-14-25(15-17-33)20-24-10-5-4-6-11-24/h4-7,9-12,19,25H,8,13-18,20-21H2,1-3H3. The SMILES string of the molecule is Cc1cccc(Cc2c(C)nc(SCCCC(=O)N3CCC(Cc4ccccc4)CC3)n(C)c2=O)c1. The summed E-state index contributed by atoms with van der Waals surface area (Å²) in [4.78, 5) is 32.5. The number of likely N-dealkylation sites (tertiary alicyclic amines) is 1. The van der Waals surface area contributed by atoms with Gasteiger partial charge in [-0.05, 0) is 56.6 Å². The van der Waals surface area contributed by atoms with E-state index in [0.717, 1.165) is 66.5 Å². The fourth-order valence-electron chi connectivity index (χ4n) is 4.97. The third-order valence-electron chi connectivity index (χ3n) is 7.11. The van der Waals surface area contributed by atoms with Gasteiger partial charge in [0, 0.05) is 50.0 Å². The summed E-state index contributed by atoms with van der Waals surface area (Å²) in [7, 11) is 1.79. The molecule has 2 heterocycles. The predicted octanol–water partition coefficient (Wildman–Crippen LogP) is 5.34. The number of hydrogen-bond donors (Lipinski definition) is 0. The molecule has 3 aromatic rings. The van der Waals surface area contributed by atoms with Gasteiger partial charge in [-0.1, -0.05) is 71.9 Å². The maximum atomic E-state index is 13.0. The molecule has 0 unspecified atom stereocenters. The number of hydrogen-bond acceptors (Lipinski definition) is 4. The lowest BCUT2D eigenvalue weighted by Gasteiger charge is -2.32. The van der Waals surface area contributed by atoms with Gasteiger partial charge in [0.05, 0.1) is 0 Å². The quantitative estimate of drug-likeness (QED) is 0.225. The summed E-state index contributed by atoms with van der Waals surface area (Å²) in [5.74, 6) is 1.68. The number of carbonyl (C=O) groups is 1. The Balaban J connectivity index is 1.23. The zero-order valence-electron chi connectivity index (χ0n) is 21.7. The Morgan fingerprint density at radius 1 is 1.03 bits per heavy atom. The molecule has 0 saturated carbocycles. The molecule has 4 rings (SSSR count). The maximum absolute atomic E-state index is 13.0. The van der Waals surface area contributed by atoms with Crippen LogP contribution in [0.1, 0.15) is 53.6 Å². The van der Waals surface area contributed by atoms with E-state index in [-0.39, 0.29) is 11.5 Å². The Morgan fingerprint density at radius 3 is 2.47 bits per heavy atom. The zero-order valence-corrected chi connectivity index (χ0v) is 22.5. The first-order chi connectivity index (χ1) is 17.4. The molecule has 0 radical (unpaired) electrons. The van der Waals surface area contributed by atoms with Gasteiger partial charge in [0.25, 0.3) is 5.56 Å². The summed E-state index contributed by atoms with van der Waals surface area (Å²) in [6, 6.07) is 18.9. The van der Waals surface area contributed by atoms with Crippen LogP contribution in [0.3, 0.4) is 0 Å². The highest BCUT2D eigenvalue weighted by atomic mass is 32.2. The summed E-state index contributed by atoms with van der Waals surface area (Å²) in [5, 5.41) is 0.722. The van der Waals surface area contributed by atoms with E-state index in [1.54, 1.807) is 23.4 Å². The second kappa shape index (κ2) is 12.4. The molecule has 6 heteroatoms. The number of nitrogens with zero attached hydrogens (tertiary/aromatic N) is 3. The van der Waals surface area contributed by atoms with Crippen molar-refractivity contribution in [1.82, 2.24) is 14.5 Å². The minimum atomic E-state index is 0.0148. The van der Waals surface area contributed by atoms with Crippen molar-refractivity contribution in [3.8, 4) is 0 Å². The Morgan fingerprint density at radius 2 is 1.75 bits per heavy atom. The van der Waals surface area contributed by atoms with Crippen LogP contribution in [-0.4, -0.2) is 39.2 Å². The third kappa shape index (κ3) is 6.88. The maximum Gasteiger partial charge on any atom is 0.257 e. The highest BCUT2D eigenvalue weighted by Crippen LogP contribution is 2.23. The van der Waals surface area contributed by atoms with Crippen LogP contribution in [0.15, 0.2) is 64.5 Å². The summed E-state index contributed by atoms with van der Waals surface area (Å²) in [6.45, 7) is 5.70. The molecular formula is C30H37N3O2S. The number of aryl methyl sites for hydroxylation is 2. The van der Waals surface area contributed by atoms with Gasteiger partial charge in [-0.25, -0.2) is 4.98 Å². The van der Waals surface area contributed by atoms with Crippen LogP contribution >= 0.6 is 11.8 Å². The number of thioether (sulfide) groups is 1. The topological polar surface area (TPSA) is 55.2 Å².